The molecule has 0 spiro atoms. The molecule has 5 heteroatoms. The second-order valence-electron chi connectivity index (χ2n) is 4.84. The minimum atomic E-state index is -1.87. The van der Waals surface area contributed by atoms with E-state index in [2.05, 4.69) is 0 Å². The van der Waals surface area contributed by atoms with Crippen molar-refractivity contribution in [3.05, 3.63) is 54.6 Å². The van der Waals surface area contributed by atoms with Crippen LogP contribution >= 0.6 is 0 Å². The summed E-state index contributed by atoms with van der Waals surface area (Å²) < 4.78 is 10.9. The molecule has 102 valence electrons. The molecule has 1 aromatic heterocycles. The highest BCUT2D eigenvalue weighted by Gasteiger charge is 2.18. The molecule has 4 nitrogen and oxygen atoms in total. The van der Waals surface area contributed by atoms with E-state index in [4.69, 9.17) is 19.1 Å². The summed E-state index contributed by atoms with van der Waals surface area (Å²) in [6, 6.07) is 17.2. The summed E-state index contributed by atoms with van der Waals surface area (Å²) in [5.74, 6) is 0.387. The molecule has 0 bridgehead atoms. The van der Waals surface area contributed by atoms with E-state index in [0.29, 0.717) is 11.3 Å². The second-order valence-corrected chi connectivity index (χ2v) is 4.84. The number of furan rings is 1. The summed E-state index contributed by atoms with van der Waals surface area (Å²) >= 11 is 0. The maximum atomic E-state index is 9.09. The molecule has 0 aliphatic rings. The fraction of sp³-hybridized carbons (Fsp3) is 0. The number of rotatable bonds is 2. The van der Waals surface area contributed by atoms with Gasteiger partial charge >= 0.3 is 7.32 Å². The maximum absolute atomic E-state index is 9.09. The Morgan fingerprint density at radius 2 is 1.62 bits per heavy atom. The van der Waals surface area contributed by atoms with Crippen molar-refractivity contribution >= 4 is 40.0 Å². The van der Waals surface area contributed by atoms with Gasteiger partial charge in [-0.25, -0.2) is 0 Å². The predicted molar refractivity (Wildman–Crippen MR) is 82.0 cm³/mol. The van der Waals surface area contributed by atoms with Crippen LogP contribution in [0.1, 0.15) is 0 Å². The van der Waals surface area contributed by atoms with Crippen molar-refractivity contribution in [3.8, 4) is 5.75 Å². The zero-order valence-corrected chi connectivity index (χ0v) is 11.0. The van der Waals surface area contributed by atoms with Crippen molar-refractivity contribution < 1.29 is 19.1 Å². The average Bonchev–Trinajstić information content (AvgIpc) is 2.86. The van der Waals surface area contributed by atoms with E-state index < -0.39 is 7.32 Å². The maximum Gasteiger partial charge on any atom is 0.707 e. The molecule has 0 atom stereocenters. The van der Waals surface area contributed by atoms with Crippen LogP contribution in [-0.4, -0.2) is 17.4 Å². The largest absolute Gasteiger partial charge is 0.707 e. The third-order valence-electron chi connectivity index (χ3n) is 3.58. The summed E-state index contributed by atoms with van der Waals surface area (Å²) in [7, 11) is -1.87. The third-order valence-corrected chi connectivity index (χ3v) is 3.58. The SMILES string of the molecule is OB(O)Oc1cccc2oc3ccc4ccccc4c3c12. The molecule has 0 aliphatic carbocycles. The average molecular weight is 278 g/mol. The van der Waals surface area contributed by atoms with Crippen LogP contribution in [0.3, 0.4) is 0 Å². The normalized spacial score (nSPS) is 11.3. The number of hydrogen-bond donors (Lipinski definition) is 2. The Balaban J connectivity index is 2.19. The van der Waals surface area contributed by atoms with Crippen molar-refractivity contribution in [1.29, 1.82) is 0 Å². The highest BCUT2D eigenvalue weighted by atomic mass is 16.6. The topological polar surface area (TPSA) is 62.8 Å². The molecule has 0 radical (unpaired) electrons. The first-order valence-corrected chi connectivity index (χ1v) is 6.60. The van der Waals surface area contributed by atoms with Gasteiger partial charge < -0.3 is 19.1 Å². The lowest BCUT2D eigenvalue weighted by atomic mass is 10.0. The molecule has 4 rings (SSSR count). The van der Waals surface area contributed by atoms with E-state index in [9.17, 15) is 0 Å². The Morgan fingerprint density at radius 1 is 0.810 bits per heavy atom. The van der Waals surface area contributed by atoms with Gasteiger partial charge in [0.25, 0.3) is 0 Å². The van der Waals surface area contributed by atoms with Gasteiger partial charge in [-0.15, -0.1) is 0 Å². The van der Waals surface area contributed by atoms with Gasteiger partial charge in [0.2, 0.25) is 0 Å². The standard InChI is InChI=1S/C16H11BO4/c18-17(19)21-14-7-3-6-12-16(14)15-11-5-2-1-4-10(11)8-9-13(15)20-12/h1-9,18-19H. The minimum Gasteiger partial charge on any atom is -0.511 e. The van der Waals surface area contributed by atoms with Crippen LogP contribution in [0.25, 0.3) is 32.7 Å². The smallest absolute Gasteiger partial charge is 0.511 e. The molecular weight excluding hydrogens is 267 g/mol. The molecular formula is C16H11BO4. The van der Waals surface area contributed by atoms with Crippen molar-refractivity contribution in [3.63, 3.8) is 0 Å². The lowest BCUT2D eigenvalue weighted by molar-refractivity contribution is 0.289. The number of hydrogen-bond acceptors (Lipinski definition) is 4. The Kier molecular flexibility index (Phi) is 2.64. The third kappa shape index (κ3) is 1.86. The highest BCUT2D eigenvalue weighted by Crippen LogP contribution is 2.39. The van der Waals surface area contributed by atoms with E-state index in [-0.39, 0.29) is 0 Å². The van der Waals surface area contributed by atoms with Gasteiger partial charge in [-0.2, -0.15) is 0 Å². The van der Waals surface area contributed by atoms with E-state index in [1.165, 1.54) is 0 Å². The Hall–Kier alpha value is -2.50. The van der Waals surface area contributed by atoms with Gasteiger partial charge in [0.15, 0.2) is 0 Å². The van der Waals surface area contributed by atoms with Gasteiger partial charge in [0.1, 0.15) is 16.9 Å². The first-order valence-electron chi connectivity index (χ1n) is 6.60. The van der Waals surface area contributed by atoms with E-state index in [1.54, 1.807) is 12.1 Å². The van der Waals surface area contributed by atoms with Crippen LogP contribution in [0.15, 0.2) is 59.0 Å². The molecule has 21 heavy (non-hydrogen) atoms. The second kappa shape index (κ2) is 4.51. The molecule has 4 aromatic rings. The van der Waals surface area contributed by atoms with Crippen molar-refractivity contribution in [2.24, 2.45) is 0 Å². The van der Waals surface area contributed by atoms with Gasteiger partial charge in [-0.3, -0.25) is 0 Å². The van der Waals surface area contributed by atoms with Crippen LogP contribution in [0.5, 0.6) is 5.75 Å². The lowest BCUT2D eigenvalue weighted by Crippen LogP contribution is -2.20. The first kappa shape index (κ1) is 12.3. The summed E-state index contributed by atoms with van der Waals surface area (Å²) in [6.45, 7) is 0. The fourth-order valence-corrected chi connectivity index (χ4v) is 2.77. The van der Waals surface area contributed by atoms with Crippen LogP contribution in [-0.2, 0) is 0 Å². The predicted octanol–water partition coefficient (Wildman–Crippen LogP) is 3.09. The van der Waals surface area contributed by atoms with Crippen LogP contribution in [0, 0.1) is 0 Å². The zero-order valence-electron chi connectivity index (χ0n) is 11.0. The summed E-state index contributed by atoms with van der Waals surface area (Å²) in [6.07, 6.45) is 0. The molecule has 0 aliphatic heterocycles. The Morgan fingerprint density at radius 3 is 2.48 bits per heavy atom. The monoisotopic (exact) mass is 278 g/mol. The molecule has 3 aromatic carbocycles. The molecule has 0 amide bonds. The zero-order chi connectivity index (χ0) is 14.4. The van der Waals surface area contributed by atoms with Gasteiger partial charge in [0, 0.05) is 5.39 Å². The summed E-state index contributed by atoms with van der Waals surface area (Å²) in [4.78, 5) is 0. The van der Waals surface area contributed by atoms with E-state index in [1.807, 2.05) is 42.5 Å². The molecule has 0 saturated heterocycles. The summed E-state index contributed by atoms with van der Waals surface area (Å²) in [5.41, 5.74) is 1.40. The van der Waals surface area contributed by atoms with Crippen LogP contribution in [0.2, 0.25) is 0 Å². The van der Waals surface area contributed by atoms with Crippen molar-refractivity contribution in [1.82, 2.24) is 0 Å². The Labute approximate surface area is 120 Å². The molecule has 0 saturated carbocycles. The fourth-order valence-electron chi connectivity index (χ4n) is 2.77. The Bertz CT molecular complexity index is 958. The van der Waals surface area contributed by atoms with Crippen LogP contribution < -0.4 is 4.65 Å². The van der Waals surface area contributed by atoms with Gasteiger partial charge in [-0.1, -0.05) is 36.4 Å². The highest BCUT2D eigenvalue weighted by molar-refractivity contribution is 6.34. The van der Waals surface area contributed by atoms with Gasteiger partial charge in [-0.05, 0) is 29.0 Å². The van der Waals surface area contributed by atoms with E-state index in [0.717, 1.165) is 27.1 Å². The summed E-state index contributed by atoms with van der Waals surface area (Å²) in [5, 5.41) is 22.0. The van der Waals surface area contributed by atoms with Crippen molar-refractivity contribution in [2.45, 2.75) is 0 Å². The first-order chi connectivity index (χ1) is 10.2. The van der Waals surface area contributed by atoms with Gasteiger partial charge in [0.05, 0.1) is 5.39 Å². The van der Waals surface area contributed by atoms with Crippen LogP contribution in [0.4, 0.5) is 0 Å². The molecule has 0 unspecified atom stereocenters. The molecule has 2 N–H and O–H groups in total. The minimum absolute atomic E-state index is 0.387. The number of fused-ring (bicyclic) bond motifs is 5. The lowest BCUT2D eigenvalue weighted by Gasteiger charge is -2.06. The van der Waals surface area contributed by atoms with Crippen molar-refractivity contribution in [2.75, 3.05) is 0 Å². The molecule has 0 fully saturated rings. The molecule has 1 heterocycles. The van der Waals surface area contributed by atoms with E-state index >= 15 is 0 Å². The quantitative estimate of drug-likeness (QED) is 0.553. The number of benzene rings is 3.